The second kappa shape index (κ2) is 10.0. The molecular formula is C12H27N. The average molecular weight is 185 g/mol. The number of hydrogen-bond donors (Lipinski definition) is 0. The number of rotatable bonds is 3. The molecule has 0 amide bonds. The van der Waals surface area contributed by atoms with E-state index >= 15 is 0 Å². The number of nitrogens with zero attached hydrogens (tertiary/aromatic N) is 1. The lowest BCUT2D eigenvalue weighted by molar-refractivity contribution is 0.321. The number of hydrogen-bond acceptors (Lipinski definition) is 1. The second-order valence-corrected chi connectivity index (χ2v) is 3.74. The van der Waals surface area contributed by atoms with Crippen LogP contribution >= 0.6 is 0 Å². The smallest absolute Gasteiger partial charge is 0.00474 e. The Morgan fingerprint density at radius 1 is 0.615 bits per heavy atom. The fraction of sp³-hybridized carbons (Fsp3) is 1.00. The summed E-state index contributed by atoms with van der Waals surface area (Å²) in [7, 11) is 0. The van der Waals surface area contributed by atoms with E-state index in [1.54, 1.807) is 0 Å². The van der Waals surface area contributed by atoms with Gasteiger partial charge < -0.3 is 4.90 Å². The van der Waals surface area contributed by atoms with Crippen LogP contribution in [-0.2, 0) is 0 Å². The fourth-order valence-electron chi connectivity index (χ4n) is 1.73. The molecule has 1 fully saturated rings. The normalized spacial score (nSPS) is 16.6. The summed E-state index contributed by atoms with van der Waals surface area (Å²) in [5.74, 6) is 0. The van der Waals surface area contributed by atoms with Crippen molar-refractivity contribution in [1.82, 2.24) is 4.90 Å². The van der Waals surface area contributed by atoms with Crippen molar-refractivity contribution in [3.63, 3.8) is 0 Å². The first-order valence-electron chi connectivity index (χ1n) is 6.07. The maximum absolute atomic E-state index is 2.38. The highest BCUT2D eigenvalue weighted by molar-refractivity contribution is 4.51. The topological polar surface area (TPSA) is 3.24 Å². The van der Waals surface area contributed by atoms with Crippen molar-refractivity contribution in [2.24, 2.45) is 0 Å². The van der Waals surface area contributed by atoms with Gasteiger partial charge >= 0.3 is 0 Å². The molecule has 1 nitrogen and oxygen atoms in total. The van der Waals surface area contributed by atoms with Crippen molar-refractivity contribution in [3.8, 4) is 0 Å². The van der Waals surface area contributed by atoms with Gasteiger partial charge in [-0.15, -0.1) is 0 Å². The molecule has 0 aromatic heterocycles. The molecule has 1 rings (SSSR count). The Balaban J connectivity index is 0.000000223. The lowest BCUT2D eigenvalue weighted by Crippen LogP contribution is -2.21. The Labute approximate surface area is 84.5 Å². The quantitative estimate of drug-likeness (QED) is 0.648. The summed E-state index contributed by atoms with van der Waals surface area (Å²) in [6.07, 6.45) is 9.00. The van der Waals surface area contributed by atoms with Crippen LogP contribution in [0.25, 0.3) is 0 Å². The molecule has 0 aromatic carbocycles. The third-order valence-electron chi connectivity index (χ3n) is 2.84. The van der Waals surface area contributed by atoms with E-state index < -0.39 is 0 Å². The predicted octanol–water partition coefficient (Wildman–Crippen LogP) is 3.69. The first-order chi connectivity index (χ1) is 6.35. The molecule has 1 heteroatoms. The molecule has 0 aromatic rings. The Kier molecular flexibility index (Phi) is 10.0. The first kappa shape index (κ1) is 13.0. The van der Waals surface area contributed by atoms with E-state index in [-0.39, 0.29) is 0 Å². The van der Waals surface area contributed by atoms with Crippen molar-refractivity contribution >= 4 is 0 Å². The molecule has 1 saturated carbocycles. The lowest BCUT2D eigenvalue weighted by atomic mass is 10.0. The van der Waals surface area contributed by atoms with Gasteiger partial charge in [-0.25, -0.2) is 0 Å². The zero-order chi connectivity index (χ0) is 9.94. The van der Waals surface area contributed by atoms with Crippen molar-refractivity contribution in [2.75, 3.05) is 19.6 Å². The van der Waals surface area contributed by atoms with E-state index in [1.165, 1.54) is 58.2 Å². The van der Waals surface area contributed by atoms with Gasteiger partial charge in [0.15, 0.2) is 0 Å². The van der Waals surface area contributed by atoms with Crippen LogP contribution in [0, 0.1) is 0 Å². The summed E-state index contributed by atoms with van der Waals surface area (Å²) in [4.78, 5) is 2.38. The van der Waals surface area contributed by atoms with E-state index in [4.69, 9.17) is 0 Å². The largest absolute Gasteiger partial charge is 0.304 e. The van der Waals surface area contributed by atoms with Crippen molar-refractivity contribution in [1.29, 1.82) is 0 Å². The van der Waals surface area contributed by atoms with Crippen molar-refractivity contribution < 1.29 is 0 Å². The highest BCUT2D eigenvalue weighted by Gasteiger charge is 1.95. The summed E-state index contributed by atoms with van der Waals surface area (Å²) in [5, 5.41) is 0. The van der Waals surface area contributed by atoms with Crippen LogP contribution < -0.4 is 0 Å². The summed E-state index contributed by atoms with van der Waals surface area (Å²) in [6.45, 7) is 10.1. The van der Waals surface area contributed by atoms with Gasteiger partial charge in [0.25, 0.3) is 0 Å². The molecule has 80 valence electrons. The third-order valence-corrected chi connectivity index (χ3v) is 2.84. The van der Waals surface area contributed by atoms with E-state index in [0.29, 0.717) is 0 Å². The highest BCUT2D eigenvalue weighted by atomic mass is 15.1. The molecule has 0 spiro atoms. The maximum atomic E-state index is 2.38. The summed E-state index contributed by atoms with van der Waals surface area (Å²) < 4.78 is 0. The van der Waals surface area contributed by atoms with Crippen molar-refractivity contribution in [2.45, 2.75) is 59.3 Å². The van der Waals surface area contributed by atoms with Gasteiger partial charge in [0.2, 0.25) is 0 Å². The van der Waals surface area contributed by atoms with Crippen LogP contribution in [0.4, 0.5) is 0 Å². The molecule has 1 aliphatic rings. The molecule has 0 radical (unpaired) electrons. The minimum Gasteiger partial charge on any atom is -0.304 e. The molecule has 0 N–H and O–H groups in total. The molecule has 1 aliphatic carbocycles. The summed E-state index contributed by atoms with van der Waals surface area (Å²) >= 11 is 0. The molecule has 13 heavy (non-hydrogen) atoms. The minimum atomic E-state index is 1.19. The first-order valence-corrected chi connectivity index (χ1v) is 6.07. The van der Waals surface area contributed by atoms with Crippen LogP contribution in [0.1, 0.15) is 59.3 Å². The van der Waals surface area contributed by atoms with E-state index in [1.807, 2.05) is 0 Å². The molecule has 0 heterocycles. The standard InChI is InChI=1S/C6H15N.C6H12/c1-4-7(5-2)6-3;1-2-4-6-5-3-1/h4-6H2,1-3H3;1-6H2. The van der Waals surface area contributed by atoms with Gasteiger partial charge in [-0.3, -0.25) is 0 Å². The van der Waals surface area contributed by atoms with E-state index in [9.17, 15) is 0 Å². The molecule has 0 bridgehead atoms. The van der Waals surface area contributed by atoms with Crippen LogP contribution in [0.2, 0.25) is 0 Å². The monoisotopic (exact) mass is 185 g/mol. The Morgan fingerprint density at radius 3 is 0.923 bits per heavy atom. The summed E-state index contributed by atoms with van der Waals surface area (Å²) in [6, 6.07) is 0. The molecule has 0 atom stereocenters. The third kappa shape index (κ3) is 8.29. The van der Waals surface area contributed by atoms with Gasteiger partial charge in [0.1, 0.15) is 0 Å². The van der Waals surface area contributed by atoms with Crippen molar-refractivity contribution in [3.05, 3.63) is 0 Å². The second-order valence-electron chi connectivity index (χ2n) is 3.74. The van der Waals surface area contributed by atoms with Crippen LogP contribution in [-0.4, -0.2) is 24.5 Å². The molecular weight excluding hydrogens is 158 g/mol. The van der Waals surface area contributed by atoms with Crippen LogP contribution in [0.5, 0.6) is 0 Å². The summed E-state index contributed by atoms with van der Waals surface area (Å²) in [5.41, 5.74) is 0. The molecule has 0 saturated heterocycles. The minimum absolute atomic E-state index is 1.19. The van der Waals surface area contributed by atoms with Gasteiger partial charge in [-0.1, -0.05) is 59.3 Å². The van der Waals surface area contributed by atoms with E-state index in [0.717, 1.165) is 0 Å². The maximum Gasteiger partial charge on any atom is -0.00474 e. The fourth-order valence-corrected chi connectivity index (χ4v) is 1.73. The van der Waals surface area contributed by atoms with Gasteiger partial charge in [0.05, 0.1) is 0 Å². The molecule has 0 aliphatic heterocycles. The molecule has 0 unspecified atom stereocenters. The van der Waals surface area contributed by atoms with E-state index in [2.05, 4.69) is 25.7 Å². The Morgan fingerprint density at radius 2 is 0.846 bits per heavy atom. The van der Waals surface area contributed by atoms with Gasteiger partial charge in [-0.2, -0.15) is 0 Å². The highest BCUT2D eigenvalue weighted by Crippen LogP contribution is 2.15. The van der Waals surface area contributed by atoms with Crippen LogP contribution in [0.15, 0.2) is 0 Å². The average Bonchev–Trinajstić information content (AvgIpc) is 2.24. The Bertz CT molecular complexity index is 66.1. The van der Waals surface area contributed by atoms with Gasteiger partial charge in [-0.05, 0) is 19.6 Å². The SMILES string of the molecule is C1CCCCC1.CCN(CC)CC. The Hall–Kier alpha value is -0.0400. The zero-order valence-corrected chi connectivity index (χ0v) is 9.81. The van der Waals surface area contributed by atoms with Crippen LogP contribution in [0.3, 0.4) is 0 Å². The van der Waals surface area contributed by atoms with Gasteiger partial charge in [0, 0.05) is 0 Å². The predicted molar refractivity (Wildman–Crippen MR) is 61.2 cm³/mol. The zero-order valence-electron chi connectivity index (χ0n) is 9.81. The lowest BCUT2D eigenvalue weighted by Gasteiger charge is -2.13.